The first-order valence-corrected chi connectivity index (χ1v) is 7.66. The Morgan fingerprint density at radius 2 is 2.13 bits per heavy atom. The number of alkyl halides is 3. The molecular formula is C16H21F3N2O2. The quantitative estimate of drug-likeness (QED) is 0.892. The smallest absolute Gasteiger partial charge is 0.394 e. The van der Waals surface area contributed by atoms with Crippen molar-refractivity contribution in [3.8, 4) is 0 Å². The van der Waals surface area contributed by atoms with Crippen LogP contribution in [-0.2, 0) is 12.6 Å². The van der Waals surface area contributed by atoms with Crippen LogP contribution in [-0.4, -0.2) is 41.3 Å². The molecule has 0 radical (unpaired) electrons. The largest absolute Gasteiger partial charge is 0.416 e. The first kappa shape index (κ1) is 17.6. The number of aliphatic hydroxyl groups excluding tert-OH is 1. The molecule has 7 heteroatoms. The lowest BCUT2D eigenvalue weighted by Gasteiger charge is -2.26. The Hall–Kier alpha value is -1.76. The summed E-state index contributed by atoms with van der Waals surface area (Å²) < 4.78 is 38.9. The third kappa shape index (κ3) is 4.37. The van der Waals surface area contributed by atoms with Crippen LogP contribution in [0.3, 0.4) is 0 Å². The number of nitrogens with zero attached hydrogens (tertiary/aromatic N) is 1. The van der Waals surface area contributed by atoms with Crippen molar-refractivity contribution in [1.82, 2.24) is 10.2 Å². The minimum atomic E-state index is -4.41. The number of amides is 2. The van der Waals surface area contributed by atoms with Crippen molar-refractivity contribution >= 4 is 6.03 Å². The second-order valence-corrected chi connectivity index (χ2v) is 5.88. The third-order valence-corrected chi connectivity index (χ3v) is 4.07. The fourth-order valence-electron chi connectivity index (χ4n) is 2.94. The molecule has 1 aliphatic heterocycles. The van der Waals surface area contributed by atoms with E-state index in [-0.39, 0.29) is 30.7 Å². The van der Waals surface area contributed by atoms with E-state index in [0.717, 1.165) is 18.9 Å². The van der Waals surface area contributed by atoms with E-state index in [0.29, 0.717) is 6.54 Å². The maximum atomic E-state index is 13.0. The highest BCUT2D eigenvalue weighted by Gasteiger charge is 2.33. The van der Waals surface area contributed by atoms with E-state index >= 15 is 0 Å². The molecule has 1 heterocycles. The first-order chi connectivity index (χ1) is 10.8. The van der Waals surface area contributed by atoms with Crippen molar-refractivity contribution in [2.45, 2.75) is 44.4 Å². The number of carbonyl (C=O) groups excluding carboxylic acids is 1. The zero-order valence-corrected chi connectivity index (χ0v) is 12.9. The van der Waals surface area contributed by atoms with E-state index in [1.54, 1.807) is 17.9 Å². The van der Waals surface area contributed by atoms with E-state index in [1.807, 2.05) is 0 Å². The van der Waals surface area contributed by atoms with Crippen molar-refractivity contribution in [2.75, 3.05) is 13.2 Å². The number of carbonyl (C=O) groups is 1. The number of benzene rings is 1. The average molecular weight is 330 g/mol. The van der Waals surface area contributed by atoms with Crippen LogP contribution in [0.2, 0.25) is 0 Å². The highest BCUT2D eigenvalue weighted by atomic mass is 19.4. The Labute approximate surface area is 133 Å². The van der Waals surface area contributed by atoms with Gasteiger partial charge in [0.1, 0.15) is 0 Å². The van der Waals surface area contributed by atoms with Crippen LogP contribution in [0.4, 0.5) is 18.0 Å². The van der Waals surface area contributed by atoms with E-state index in [1.165, 1.54) is 12.1 Å². The van der Waals surface area contributed by atoms with Gasteiger partial charge in [0.05, 0.1) is 18.2 Å². The highest BCUT2D eigenvalue weighted by Crippen LogP contribution is 2.32. The van der Waals surface area contributed by atoms with Gasteiger partial charge in [-0.15, -0.1) is 0 Å². The summed E-state index contributed by atoms with van der Waals surface area (Å²) in [6.07, 6.45) is -2.74. The van der Waals surface area contributed by atoms with Gasteiger partial charge in [-0.2, -0.15) is 13.2 Å². The minimum absolute atomic E-state index is 0.0963. The van der Waals surface area contributed by atoms with Crippen molar-refractivity contribution in [3.63, 3.8) is 0 Å². The molecule has 2 atom stereocenters. The summed E-state index contributed by atoms with van der Waals surface area (Å²) in [4.78, 5) is 13.7. The van der Waals surface area contributed by atoms with Gasteiger partial charge in [-0.05, 0) is 37.8 Å². The number of hydrogen-bond acceptors (Lipinski definition) is 2. The third-order valence-electron chi connectivity index (χ3n) is 4.07. The Morgan fingerprint density at radius 1 is 1.43 bits per heavy atom. The van der Waals surface area contributed by atoms with Gasteiger partial charge >= 0.3 is 12.2 Å². The molecule has 1 fully saturated rings. The molecule has 1 aromatic rings. The summed E-state index contributed by atoms with van der Waals surface area (Å²) in [5, 5.41) is 12.0. The topological polar surface area (TPSA) is 52.6 Å². The normalized spacial score (nSPS) is 19.7. The number of likely N-dealkylation sites (tertiary alicyclic amines) is 1. The lowest BCUT2D eigenvalue weighted by Crippen LogP contribution is -2.47. The molecule has 1 aliphatic rings. The average Bonchev–Trinajstić information content (AvgIpc) is 2.95. The van der Waals surface area contributed by atoms with E-state index in [2.05, 4.69) is 5.32 Å². The van der Waals surface area contributed by atoms with Crippen LogP contribution in [0.1, 0.15) is 30.9 Å². The number of nitrogens with one attached hydrogen (secondary N) is 1. The predicted octanol–water partition coefficient (Wildman–Crippen LogP) is 2.80. The zero-order valence-electron chi connectivity index (χ0n) is 12.9. The fourth-order valence-corrected chi connectivity index (χ4v) is 2.94. The second-order valence-electron chi connectivity index (χ2n) is 5.88. The lowest BCUT2D eigenvalue weighted by atomic mass is 10.0. The van der Waals surface area contributed by atoms with Gasteiger partial charge in [0.15, 0.2) is 0 Å². The molecule has 1 unspecified atom stereocenters. The molecule has 2 N–H and O–H groups in total. The Morgan fingerprint density at radius 3 is 2.78 bits per heavy atom. The molecule has 0 bridgehead atoms. The summed E-state index contributed by atoms with van der Waals surface area (Å²) in [7, 11) is 0. The van der Waals surface area contributed by atoms with Crippen LogP contribution in [0.25, 0.3) is 0 Å². The summed E-state index contributed by atoms with van der Waals surface area (Å²) in [6, 6.07) is 4.41. The first-order valence-electron chi connectivity index (χ1n) is 7.66. The van der Waals surface area contributed by atoms with Crippen molar-refractivity contribution < 1.29 is 23.1 Å². The molecule has 0 aromatic heterocycles. The number of hydrogen-bond donors (Lipinski definition) is 2. The molecule has 23 heavy (non-hydrogen) atoms. The van der Waals surface area contributed by atoms with Crippen LogP contribution < -0.4 is 5.32 Å². The Kier molecular flexibility index (Phi) is 5.51. The monoisotopic (exact) mass is 330 g/mol. The minimum Gasteiger partial charge on any atom is -0.394 e. The maximum absolute atomic E-state index is 13.0. The summed E-state index contributed by atoms with van der Waals surface area (Å²) in [5.41, 5.74) is -0.511. The van der Waals surface area contributed by atoms with Gasteiger partial charge in [-0.25, -0.2) is 4.79 Å². The van der Waals surface area contributed by atoms with Gasteiger partial charge < -0.3 is 15.3 Å². The van der Waals surface area contributed by atoms with Gasteiger partial charge in [0, 0.05) is 12.6 Å². The summed E-state index contributed by atoms with van der Waals surface area (Å²) >= 11 is 0. The van der Waals surface area contributed by atoms with Crippen molar-refractivity contribution in [1.29, 1.82) is 0 Å². The second kappa shape index (κ2) is 7.21. The van der Waals surface area contributed by atoms with E-state index < -0.39 is 17.8 Å². The number of halogens is 3. The van der Waals surface area contributed by atoms with Crippen LogP contribution in [0, 0.1) is 0 Å². The summed E-state index contributed by atoms with van der Waals surface area (Å²) in [6.45, 7) is 2.14. The molecule has 0 spiro atoms. The van der Waals surface area contributed by atoms with Crippen molar-refractivity contribution in [2.24, 2.45) is 0 Å². The van der Waals surface area contributed by atoms with Gasteiger partial charge in [0.25, 0.3) is 0 Å². The zero-order chi connectivity index (χ0) is 17.0. The van der Waals surface area contributed by atoms with Gasteiger partial charge in [-0.3, -0.25) is 0 Å². The number of rotatable bonds is 4. The standard InChI is InChI=1S/C16H21F3N2O2/c1-11(20-15(23)21-8-4-6-13(21)10-22)9-12-5-2-3-7-14(12)16(17,18)19/h2-3,5,7,11,13,22H,4,6,8-10H2,1H3,(H,20,23)/t11?,13-/m0/s1. The van der Waals surface area contributed by atoms with Gasteiger partial charge in [0.2, 0.25) is 0 Å². The molecule has 1 aromatic carbocycles. The molecule has 0 aliphatic carbocycles. The maximum Gasteiger partial charge on any atom is 0.416 e. The predicted molar refractivity (Wildman–Crippen MR) is 80.0 cm³/mol. The van der Waals surface area contributed by atoms with Crippen molar-refractivity contribution in [3.05, 3.63) is 35.4 Å². The highest BCUT2D eigenvalue weighted by molar-refractivity contribution is 5.75. The van der Waals surface area contributed by atoms with Crippen LogP contribution in [0.5, 0.6) is 0 Å². The Bertz CT molecular complexity index is 548. The lowest BCUT2D eigenvalue weighted by molar-refractivity contribution is -0.138. The molecule has 2 amide bonds. The van der Waals surface area contributed by atoms with Crippen LogP contribution in [0.15, 0.2) is 24.3 Å². The van der Waals surface area contributed by atoms with E-state index in [4.69, 9.17) is 0 Å². The molecule has 128 valence electrons. The molecule has 4 nitrogen and oxygen atoms in total. The molecule has 1 saturated heterocycles. The molecule has 0 saturated carbocycles. The SMILES string of the molecule is CC(Cc1ccccc1C(F)(F)F)NC(=O)N1CCC[C@H]1CO. The van der Waals surface area contributed by atoms with Gasteiger partial charge in [-0.1, -0.05) is 18.2 Å². The number of urea groups is 1. The molecule has 2 rings (SSSR count). The Balaban J connectivity index is 2.00. The molecular weight excluding hydrogens is 309 g/mol. The summed E-state index contributed by atoms with van der Waals surface area (Å²) in [5.74, 6) is 0. The fraction of sp³-hybridized carbons (Fsp3) is 0.562. The van der Waals surface area contributed by atoms with Crippen LogP contribution >= 0.6 is 0 Å². The number of aliphatic hydroxyl groups is 1. The van der Waals surface area contributed by atoms with E-state index in [9.17, 15) is 23.1 Å².